The van der Waals surface area contributed by atoms with E-state index in [-0.39, 0.29) is 24.0 Å². The zero-order chi connectivity index (χ0) is 25.3. The number of nitrogens with one attached hydrogen (secondary N) is 1. The minimum Gasteiger partial charge on any atom is -0.394 e. The Morgan fingerprint density at radius 3 is 2.59 bits per heavy atom. The molecule has 0 spiro atoms. The third-order valence-electron chi connectivity index (χ3n) is 5.01. The maximum absolute atomic E-state index is 12.6. The zero-order valence-electron chi connectivity index (χ0n) is 19.8. The Labute approximate surface area is 198 Å². The van der Waals surface area contributed by atoms with Gasteiger partial charge in [0.05, 0.1) is 18.8 Å². The van der Waals surface area contributed by atoms with Crippen LogP contribution in [0.1, 0.15) is 48.1 Å². The molecule has 2 aromatic rings. The Morgan fingerprint density at radius 2 is 2.00 bits per heavy atom. The summed E-state index contributed by atoms with van der Waals surface area (Å²) in [6, 6.07) is 6.13. The summed E-state index contributed by atoms with van der Waals surface area (Å²) >= 11 is 0. The minimum absolute atomic E-state index is 0.159. The first-order valence-electron chi connectivity index (χ1n) is 10.6. The molecule has 0 aromatic carbocycles. The van der Waals surface area contributed by atoms with Gasteiger partial charge in [-0.1, -0.05) is 6.07 Å². The Kier molecular flexibility index (Phi) is 9.86. The molecule has 0 saturated carbocycles. The highest BCUT2D eigenvalue weighted by atomic mass is 16.5. The number of aromatic nitrogens is 2. The van der Waals surface area contributed by atoms with Crippen LogP contribution in [0.2, 0.25) is 0 Å². The summed E-state index contributed by atoms with van der Waals surface area (Å²) in [6.45, 7) is 6.43. The molecule has 2 aromatic heterocycles. The average molecular weight is 473 g/mol. The van der Waals surface area contributed by atoms with Crippen molar-refractivity contribution in [2.24, 2.45) is 16.8 Å². The van der Waals surface area contributed by atoms with E-state index in [2.05, 4.69) is 20.4 Å². The maximum atomic E-state index is 12.6. The van der Waals surface area contributed by atoms with Gasteiger partial charge >= 0.3 is 0 Å². The van der Waals surface area contributed by atoms with Crippen molar-refractivity contribution in [3.8, 4) is 0 Å². The third-order valence-corrected chi connectivity index (χ3v) is 5.01. The van der Waals surface area contributed by atoms with Gasteiger partial charge in [-0.25, -0.2) is 10.8 Å². The first-order valence-corrected chi connectivity index (χ1v) is 10.6. The van der Waals surface area contributed by atoms with E-state index in [1.165, 1.54) is 5.01 Å². The standard InChI is InChI=1S/C18H22N8O3.C4H10O/c1-11(9-27)26(20)17(24-19)14-3-2-4-16(22-14)23-18(29)15-5-12-7-25(10-28)8-13(12)6-21-15;1-4(2)5-3/h2-6,10-11,27H,7-9,19-20H2,1H3,(H,22,23,29);4H,1-3H3/b24-17-;. The van der Waals surface area contributed by atoms with Crippen LogP contribution in [-0.4, -0.2) is 69.0 Å². The lowest BCUT2D eigenvalue weighted by Crippen LogP contribution is -2.47. The number of amidine groups is 1. The summed E-state index contributed by atoms with van der Waals surface area (Å²) in [5, 5.41) is 16.8. The number of hydrazone groups is 1. The van der Waals surface area contributed by atoms with Crippen molar-refractivity contribution in [1.29, 1.82) is 0 Å². The lowest BCUT2D eigenvalue weighted by Gasteiger charge is -2.25. The van der Waals surface area contributed by atoms with E-state index < -0.39 is 11.9 Å². The number of hydrogen-bond donors (Lipinski definition) is 4. The smallest absolute Gasteiger partial charge is 0.275 e. The molecular weight excluding hydrogens is 440 g/mol. The Hall–Kier alpha value is -3.61. The van der Waals surface area contributed by atoms with Crippen molar-refractivity contribution in [2.75, 3.05) is 19.0 Å². The van der Waals surface area contributed by atoms with Crippen molar-refractivity contribution in [3.05, 3.63) is 53.0 Å². The molecule has 0 bridgehead atoms. The lowest BCUT2D eigenvalue weighted by atomic mass is 10.1. The van der Waals surface area contributed by atoms with Gasteiger partial charge < -0.3 is 25.9 Å². The Morgan fingerprint density at radius 1 is 1.32 bits per heavy atom. The molecule has 34 heavy (non-hydrogen) atoms. The molecular formula is C22H32N8O4. The fraction of sp³-hybridized carbons (Fsp3) is 0.409. The van der Waals surface area contributed by atoms with Crippen LogP contribution in [-0.2, 0) is 22.6 Å². The van der Waals surface area contributed by atoms with Gasteiger partial charge in [0.2, 0.25) is 6.41 Å². The summed E-state index contributed by atoms with van der Waals surface area (Å²) in [6.07, 6.45) is 2.75. The molecule has 3 rings (SSSR count). The van der Waals surface area contributed by atoms with Gasteiger partial charge in [0, 0.05) is 26.4 Å². The van der Waals surface area contributed by atoms with Gasteiger partial charge in [-0.15, -0.1) is 0 Å². The van der Waals surface area contributed by atoms with E-state index in [4.69, 9.17) is 16.4 Å². The van der Waals surface area contributed by atoms with Crippen molar-refractivity contribution in [1.82, 2.24) is 19.9 Å². The number of nitrogens with two attached hydrogens (primary N) is 2. The average Bonchev–Trinajstić information content (AvgIpc) is 3.27. The molecule has 0 saturated heterocycles. The van der Waals surface area contributed by atoms with E-state index in [1.807, 2.05) is 13.8 Å². The maximum Gasteiger partial charge on any atom is 0.275 e. The number of fused-ring (bicyclic) bond motifs is 1. The second-order valence-corrected chi connectivity index (χ2v) is 7.89. The van der Waals surface area contributed by atoms with Gasteiger partial charge in [0.15, 0.2) is 5.84 Å². The zero-order valence-corrected chi connectivity index (χ0v) is 19.8. The lowest BCUT2D eigenvalue weighted by molar-refractivity contribution is -0.118. The second kappa shape index (κ2) is 12.6. The highest BCUT2D eigenvalue weighted by molar-refractivity contribution is 6.03. The minimum atomic E-state index is -0.443. The molecule has 3 heterocycles. The molecule has 184 valence electrons. The van der Waals surface area contributed by atoms with E-state index in [0.717, 1.165) is 17.5 Å². The van der Waals surface area contributed by atoms with Crippen LogP contribution < -0.4 is 17.0 Å². The monoisotopic (exact) mass is 472 g/mol. The number of pyridine rings is 2. The van der Waals surface area contributed by atoms with Crippen LogP contribution in [0.3, 0.4) is 0 Å². The number of carbonyl (C=O) groups is 2. The number of anilines is 1. The van der Waals surface area contributed by atoms with Crippen molar-refractivity contribution < 1.29 is 19.4 Å². The van der Waals surface area contributed by atoms with Crippen LogP contribution in [0.5, 0.6) is 0 Å². The van der Waals surface area contributed by atoms with Crippen LogP contribution in [0.4, 0.5) is 5.82 Å². The summed E-state index contributed by atoms with van der Waals surface area (Å²) in [5.74, 6) is 11.3. The molecule has 12 heteroatoms. The predicted molar refractivity (Wildman–Crippen MR) is 127 cm³/mol. The number of ether oxygens (including phenoxy) is 1. The molecule has 0 aliphatic carbocycles. The normalized spacial score (nSPS) is 13.6. The quantitative estimate of drug-likeness (QED) is 0.146. The van der Waals surface area contributed by atoms with E-state index in [9.17, 15) is 14.7 Å². The van der Waals surface area contributed by atoms with Crippen molar-refractivity contribution in [3.63, 3.8) is 0 Å². The van der Waals surface area contributed by atoms with Gasteiger partial charge in [-0.05, 0) is 50.1 Å². The van der Waals surface area contributed by atoms with E-state index in [1.54, 1.807) is 49.4 Å². The summed E-state index contributed by atoms with van der Waals surface area (Å²) < 4.78 is 4.75. The topological polar surface area (TPSA) is 172 Å². The van der Waals surface area contributed by atoms with Gasteiger partial charge in [0.1, 0.15) is 17.2 Å². The molecule has 1 aliphatic heterocycles. The van der Waals surface area contributed by atoms with Gasteiger partial charge in [-0.2, -0.15) is 5.10 Å². The number of aliphatic hydroxyl groups is 1. The Balaban J connectivity index is 0.000000739. The van der Waals surface area contributed by atoms with Crippen LogP contribution in [0.15, 0.2) is 35.6 Å². The Bertz CT molecular complexity index is 1010. The second-order valence-electron chi connectivity index (χ2n) is 7.89. The number of rotatable bonds is 7. The SMILES string of the molecule is CC(CO)N(N)/C(=N\N)c1cccc(NC(=O)c2cc3c(cn2)CN(C=O)C3)n1.COC(C)C. The molecule has 1 atom stereocenters. The molecule has 1 aliphatic rings. The molecule has 12 nitrogen and oxygen atoms in total. The number of carbonyl (C=O) groups excluding carboxylic acids is 2. The number of methoxy groups -OCH3 is 1. The number of hydrogen-bond acceptors (Lipinski definition) is 9. The van der Waals surface area contributed by atoms with E-state index >= 15 is 0 Å². The summed E-state index contributed by atoms with van der Waals surface area (Å²) in [5.41, 5.74) is 2.34. The third kappa shape index (κ3) is 6.94. The van der Waals surface area contributed by atoms with Crippen LogP contribution in [0.25, 0.3) is 0 Å². The van der Waals surface area contributed by atoms with Crippen LogP contribution >= 0.6 is 0 Å². The number of amides is 2. The predicted octanol–water partition coefficient (Wildman–Crippen LogP) is 0.419. The summed E-state index contributed by atoms with van der Waals surface area (Å²) in [7, 11) is 1.70. The first kappa shape index (κ1) is 26.6. The molecule has 6 N–H and O–H groups in total. The number of hydrazine groups is 1. The highest BCUT2D eigenvalue weighted by Gasteiger charge is 2.21. The van der Waals surface area contributed by atoms with Gasteiger partial charge in [-0.3, -0.25) is 19.6 Å². The number of nitrogens with zero attached hydrogens (tertiary/aromatic N) is 5. The molecule has 0 fully saturated rings. The summed E-state index contributed by atoms with van der Waals surface area (Å²) in [4.78, 5) is 33.6. The van der Waals surface area contributed by atoms with Crippen molar-refractivity contribution >= 4 is 24.0 Å². The van der Waals surface area contributed by atoms with E-state index in [0.29, 0.717) is 24.9 Å². The fourth-order valence-electron chi connectivity index (χ4n) is 2.88. The number of aliphatic hydroxyl groups excluding tert-OH is 1. The molecule has 1 unspecified atom stereocenters. The largest absolute Gasteiger partial charge is 0.394 e. The highest BCUT2D eigenvalue weighted by Crippen LogP contribution is 2.21. The van der Waals surface area contributed by atoms with Crippen molar-refractivity contribution in [2.45, 2.75) is 46.0 Å². The molecule has 0 radical (unpaired) electrons. The molecule has 2 amide bonds. The van der Waals surface area contributed by atoms with Crippen LogP contribution in [0, 0.1) is 0 Å². The first-order chi connectivity index (χ1) is 16.2. The fourth-order valence-corrected chi connectivity index (χ4v) is 2.88. The van der Waals surface area contributed by atoms with Gasteiger partial charge in [0.25, 0.3) is 5.91 Å².